The first-order valence-electron chi connectivity index (χ1n) is 25.4. The van der Waals surface area contributed by atoms with E-state index in [-0.39, 0.29) is 30.2 Å². The summed E-state index contributed by atoms with van der Waals surface area (Å²) in [5.41, 5.74) is 5.24. The molecular formula is C53H60F2N11O5P. The quantitative estimate of drug-likeness (QED) is 0.0690. The minimum atomic E-state index is -2.66. The van der Waals surface area contributed by atoms with E-state index >= 15 is 8.78 Å². The molecule has 0 aliphatic carbocycles. The Morgan fingerprint density at radius 1 is 0.861 bits per heavy atom. The number of nitrogens with one attached hydrogen (secondary N) is 4. The van der Waals surface area contributed by atoms with Gasteiger partial charge in [-0.15, -0.1) is 0 Å². The molecule has 3 aromatic carbocycles. The molecule has 3 aromatic heterocycles. The number of ether oxygens (including phenoxy) is 1. The maximum Gasteiger partial charge on any atom is 0.234 e. The van der Waals surface area contributed by atoms with Crippen molar-refractivity contribution in [3.63, 3.8) is 0 Å². The summed E-state index contributed by atoms with van der Waals surface area (Å²) < 4.78 is 51.2. The number of aryl methyl sites for hydroxylation is 1. The Morgan fingerprint density at radius 2 is 1.61 bits per heavy atom. The van der Waals surface area contributed by atoms with Crippen LogP contribution in [0.15, 0.2) is 67.0 Å². The molecule has 11 rings (SSSR count). The number of rotatable bonds is 12. The van der Waals surface area contributed by atoms with Crippen molar-refractivity contribution in [3.8, 4) is 5.75 Å². The van der Waals surface area contributed by atoms with Gasteiger partial charge in [0, 0.05) is 117 Å². The monoisotopic (exact) mass is 999 g/mol. The number of H-pyrrole nitrogens is 1. The molecule has 5 aliphatic heterocycles. The fraction of sp³-hybridized carbons (Fsp3) is 0.434. The average Bonchev–Trinajstić information content (AvgIpc) is 4.19. The lowest BCUT2D eigenvalue weighted by Gasteiger charge is -2.44. The molecule has 5 fully saturated rings. The van der Waals surface area contributed by atoms with Crippen molar-refractivity contribution in [2.45, 2.75) is 70.3 Å². The van der Waals surface area contributed by atoms with Crippen molar-refractivity contribution >= 4 is 86.6 Å². The van der Waals surface area contributed by atoms with Gasteiger partial charge in [-0.3, -0.25) is 29.6 Å². The van der Waals surface area contributed by atoms with Gasteiger partial charge in [-0.25, -0.2) is 8.78 Å². The van der Waals surface area contributed by atoms with Crippen LogP contribution in [0.4, 0.5) is 43.3 Å². The number of hydrogen-bond donors (Lipinski definition) is 4. The lowest BCUT2D eigenvalue weighted by Crippen LogP contribution is -2.55. The molecule has 2 atom stereocenters. The number of para-hydroxylation sites is 1. The van der Waals surface area contributed by atoms with Crippen LogP contribution in [0.3, 0.4) is 0 Å². The average molecular weight is 1000 g/mol. The maximum atomic E-state index is 15.3. The van der Waals surface area contributed by atoms with Crippen molar-refractivity contribution in [3.05, 3.63) is 89.8 Å². The number of halogens is 2. The van der Waals surface area contributed by atoms with Gasteiger partial charge in [0.15, 0.2) is 0 Å². The molecule has 19 heteroatoms. The number of carbonyl (C=O) groups excluding carboxylic acids is 3. The zero-order valence-corrected chi connectivity index (χ0v) is 41.6. The predicted molar refractivity (Wildman–Crippen MR) is 276 cm³/mol. The van der Waals surface area contributed by atoms with E-state index in [0.29, 0.717) is 85.5 Å². The van der Waals surface area contributed by atoms with E-state index in [0.717, 1.165) is 91.3 Å². The highest BCUT2D eigenvalue weighted by atomic mass is 31.2. The smallest absolute Gasteiger partial charge is 0.234 e. The lowest BCUT2D eigenvalue weighted by molar-refractivity contribution is -0.137. The van der Waals surface area contributed by atoms with Crippen LogP contribution in [0.1, 0.15) is 68.9 Å². The SMILES string of the molecule is CCc1cc(Nc2nc(Nc3cnc4ccccc4c3P3(=O)CCCC3)c3cc[nH]c3n2)c(OC)cc1N1CCC(N2CCN(C(=O)[C@@H]3CCN(c4cc(F)c(C5CCC(=O)NC5=O)c(F)c4)C3)CC2)CC1. The summed E-state index contributed by atoms with van der Waals surface area (Å²) in [4.78, 5) is 64.3. The predicted octanol–water partition coefficient (Wildman–Crippen LogP) is 7.78. The van der Waals surface area contributed by atoms with Gasteiger partial charge in [-0.2, -0.15) is 9.97 Å². The second kappa shape index (κ2) is 19.8. The van der Waals surface area contributed by atoms with Crippen molar-refractivity contribution in [2.75, 3.05) is 92.2 Å². The second-order valence-corrected chi connectivity index (χ2v) is 23.0. The summed E-state index contributed by atoms with van der Waals surface area (Å²) in [5.74, 6) is -2.42. The number of aromatic nitrogens is 4. The number of benzene rings is 3. The van der Waals surface area contributed by atoms with Crippen LogP contribution in [0.2, 0.25) is 0 Å². The third-order valence-electron chi connectivity index (χ3n) is 15.6. The zero-order valence-electron chi connectivity index (χ0n) is 40.7. The third-order valence-corrected chi connectivity index (χ3v) is 19.0. The number of piperidine rings is 2. The number of fused-ring (bicyclic) bond motifs is 2. The molecule has 376 valence electrons. The van der Waals surface area contributed by atoms with Gasteiger partial charge < -0.3 is 39.6 Å². The molecule has 4 N–H and O–H groups in total. The molecule has 0 spiro atoms. The first kappa shape index (κ1) is 47.7. The number of hydrogen-bond acceptors (Lipinski definition) is 13. The van der Waals surface area contributed by atoms with E-state index in [1.165, 1.54) is 17.7 Å². The summed E-state index contributed by atoms with van der Waals surface area (Å²) in [6.45, 7) is 7.60. The van der Waals surface area contributed by atoms with E-state index in [1.54, 1.807) is 13.3 Å². The number of pyridine rings is 1. The molecule has 0 bridgehead atoms. The number of imide groups is 1. The molecule has 72 heavy (non-hydrogen) atoms. The van der Waals surface area contributed by atoms with Crippen molar-refractivity contribution in [1.29, 1.82) is 0 Å². The Kier molecular flexibility index (Phi) is 13.1. The van der Waals surface area contributed by atoms with E-state index < -0.39 is 36.5 Å². The van der Waals surface area contributed by atoms with Gasteiger partial charge in [0.05, 0.1) is 47.4 Å². The first-order valence-corrected chi connectivity index (χ1v) is 27.5. The summed E-state index contributed by atoms with van der Waals surface area (Å²) in [5, 5.41) is 11.7. The highest BCUT2D eigenvalue weighted by Crippen LogP contribution is 2.54. The number of amides is 3. The minimum Gasteiger partial charge on any atom is -0.494 e. The van der Waals surface area contributed by atoms with E-state index in [1.807, 2.05) is 46.3 Å². The first-order chi connectivity index (χ1) is 35.0. The largest absolute Gasteiger partial charge is 0.494 e. The molecule has 5 saturated heterocycles. The molecule has 3 amide bonds. The Balaban J connectivity index is 0.717. The van der Waals surface area contributed by atoms with Gasteiger partial charge in [0.25, 0.3) is 0 Å². The fourth-order valence-corrected chi connectivity index (χ4v) is 15.1. The Bertz CT molecular complexity index is 3100. The molecule has 0 saturated carbocycles. The van der Waals surface area contributed by atoms with Crippen LogP contribution in [0.25, 0.3) is 21.9 Å². The molecular weight excluding hydrogens is 940 g/mol. The number of piperazine rings is 1. The molecule has 8 heterocycles. The van der Waals surface area contributed by atoms with Crippen molar-refractivity contribution in [2.24, 2.45) is 5.92 Å². The van der Waals surface area contributed by atoms with Crippen LogP contribution in [0.5, 0.6) is 5.75 Å². The van der Waals surface area contributed by atoms with E-state index in [9.17, 15) is 18.9 Å². The minimum absolute atomic E-state index is 0.0266. The number of methoxy groups -OCH3 is 1. The van der Waals surface area contributed by atoms with Gasteiger partial charge >= 0.3 is 0 Å². The summed E-state index contributed by atoms with van der Waals surface area (Å²) in [6, 6.07) is 17.0. The normalized spacial score (nSPS) is 20.9. The molecule has 6 aromatic rings. The van der Waals surface area contributed by atoms with Gasteiger partial charge in [0.2, 0.25) is 23.7 Å². The van der Waals surface area contributed by atoms with Crippen LogP contribution >= 0.6 is 7.14 Å². The Labute approximate surface area is 416 Å². The maximum absolute atomic E-state index is 15.3. The number of nitrogens with zero attached hydrogens (tertiary/aromatic N) is 7. The van der Waals surface area contributed by atoms with Crippen LogP contribution < -0.4 is 35.8 Å². The number of anilines is 6. The van der Waals surface area contributed by atoms with Gasteiger partial charge in [-0.1, -0.05) is 25.1 Å². The van der Waals surface area contributed by atoms with Crippen LogP contribution in [-0.4, -0.2) is 125 Å². The zero-order chi connectivity index (χ0) is 49.7. The summed E-state index contributed by atoms with van der Waals surface area (Å²) in [6.07, 6.45) is 10.3. The molecule has 5 aliphatic rings. The van der Waals surface area contributed by atoms with Crippen LogP contribution in [-0.2, 0) is 25.4 Å². The molecule has 0 radical (unpaired) electrons. The second-order valence-electron chi connectivity index (χ2n) is 19.8. The topological polar surface area (TPSA) is 181 Å². The Hall–Kier alpha value is -6.65. The standard InChI is InChI=1S/C53H60F2N11O5P/c1-3-32-26-42(59-53-61-49-38(12-16-56-49)50(62-53)58-43-30-57-41-9-5-4-8-36(41)48(43)72(70)24-6-7-25-72)45(71-2)29-44(32)64-18-14-34(15-19-64)63-20-22-65(23-21-63)52(69)33-13-17-66(31-33)35-27-39(54)47(40(55)28-35)37-10-11-46(67)60-51(37)68/h4-5,8-9,12,16,26-30,33-34,37H,3,6-7,10-11,13-15,17-25,31H2,1-2H3,(H,60,67,68)(H3,56,58,59,61,62)/t33-,37?/m1/s1. The molecule has 16 nitrogen and oxygen atoms in total. The number of carbonyl (C=O) groups is 3. The highest BCUT2D eigenvalue weighted by molar-refractivity contribution is 7.72. The fourth-order valence-electron chi connectivity index (χ4n) is 11.8. The van der Waals surface area contributed by atoms with E-state index in [2.05, 4.69) is 49.8 Å². The van der Waals surface area contributed by atoms with E-state index in [4.69, 9.17) is 19.7 Å². The summed E-state index contributed by atoms with van der Waals surface area (Å²) in [7, 11) is -0.991. The summed E-state index contributed by atoms with van der Waals surface area (Å²) >= 11 is 0. The Morgan fingerprint density at radius 3 is 2.35 bits per heavy atom. The van der Waals surface area contributed by atoms with Gasteiger partial charge in [0.1, 0.15) is 36.0 Å². The van der Waals surface area contributed by atoms with Crippen LogP contribution in [0, 0.1) is 17.6 Å². The highest BCUT2D eigenvalue weighted by Gasteiger charge is 2.38. The van der Waals surface area contributed by atoms with Crippen molar-refractivity contribution in [1.82, 2.24) is 35.1 Å². The third kappa shape index (κ3) is 9.12. The number of aromatic amines is 1. The lowest BCUT2D eigenvalue weighted by atomic mass is 9.89. The van der Waals surface area contributed by atoms with Gasteiger partial charge in [-0.05, 0) is 80.8 Å². The van der Waals surface area contributed by atoms with Crippen molar-refractivity contribution < 1.29 is 32.5 Å². The molecule has 1 unspecified atom stereocenters.